The summed E-state index contributed by atoms with van der Waals surface area (Å²) in [7, 11) is 0. The number of carbonyl (C=O) groups is 3. The van der Waals surface area contributed by atoms with E-state index >= 15 is 0 Å². The Bertz CT molecular complexity index is 958. The van der Waals surface area contributed by atoms with Crippen LogP contribution in [0.25, 0.3) is 0 Å². The predicted octanol–water partition coefficient (Wildman–Crippen LogP) is 4.57. The highest BCUT2D eigenvalue weighted by atomic mass is 16.2. The van der Waals surface area contributed by atoms with E-state index in [-0.39, 0.29) is 23.2 Å². The zero-order valence-corrected chi connectivity index (χ0v) is 18.2. The second kappa shape index (κ2) is 10.4. The Morgan fingerprint density at radius 2 is 1.57 bits per heavy atom. The van der Waals surface area contributed by atoms with Crippen molar-refractivity contribution in [1.82, 2.24) is 0 Å². The Hall–Kier alpha value is -3.41. The fourth-order valence-corrected chi connectivity index (χ4v) is 3.02. The highest BCUT2D eigenvalue weighted by Crippen LogP contribution is 2.22. The zero-order chi connectivity index (χ0) is 22.3. The molecule has 0 radical (unpaired) electrons. The van der Waals surface area contributed by atoms with Crippen molar-refractivity contribution in [1.29, 1.82) is 0 Å². The molecule has 0 atom stereocenters. The molecule has 0 aliphatic carbocycles. The van der Waals surface area contributed by atoms with Gasteiger partial charge in [0.2, 0.25) is 5.91 Å². The Morgan fingerprint density at radius 3 is 2.10 bits per heavy atom. The van der Waals surface area contributed by atoms with Crippen molar-refractivity contribution in [2.75, 3.05) is 28.6 Å². The third-order valence-corrected chi connectivity index (χ3v) is 4.85. The fraction of sp³-hybridized carbons (Fsp3) is 0.292. The third kappa shape index (κ3) is 6.04. The molecule has 2 aromatic carbocycles. The van der Waals surface area contributed by atoms with E-state index in [4.69, 9.17) is 0 Å². The summed E-state index contributed by atoms with van der Waals surface area (Å²) >= 11 is 0. The number of anilines is 3. The summed E-state index contributed by atoms with van der Waals surface area (Å²) in [6, 6.07) is 12.5. The Balaban J connectivity index is 2.03. The average Bonchev–Trinajstić information content (AvgIpc) is 2.71. The van der Waals surface area contributed by atoms with Gasteiger partial charge >= 0.3 is 0 Å². The van der Waals surface area contributed by atoms with Gasteiger partial charge in [-0.05, 0) is 82.6 Å². The maximum atomic E-state index is 12.4. The molecule has 2 rings (SSSR count). The smallest absolute Gasteiger partial charge is 0.251 e. The zero-order valence-electron chi connectivity index (χ0n) is 18.2. The molecule has 158 valence electrons. The van der Waals surface area contributed by atoms with Crippen LogP contribution in [0.3, 0.4) is 0 Å². The van der Waals surface area contributed by atoms with E-state index in [1.54, 1.807) is 31.2 Å². The minimum Gasteiger partial charge on any atom is -0.372 e. The largest absolute Gasteiger partial charge is 0.372 e. The number of carbonyl (C=O) groups excluding carboxylic acids is 3. The molecule has 2 amide bonds. The van der Waals surface area contributed by atoms with E-state index in [1.807, 2.05) is 25.1 Å². The van der Waals surface area contributed by atoms with Crippen LogP contribution >= 0.6 is 0 Å². The van der Waals surface area contributed by atoms with Crippen LogP contribution in [0, 0.1) is 6.92 Å². The maximum Gasteiger partial charge on any atom is 0.251 e. The second-order valence-electron chi connectivity index (χ2n) is 7.08. The van der Waals surface area contributed by atoms with Crippen molar-refractivity contribution in [3.8, 4) is 0 Å². The topological polar surface area (TPSA) is 78.5 Å². The minimum atomic E-state index is -0.380. The number of rotatable bonds is 8. The Morgan fingerprint density at radius 1 is 0.933 bits per heavy atom. The molecule has 0 unspecified atom stereocenters. The lowest BCUT2D eigenvalue weighted by Gasteiger charge is -2.22. The van der Waals surface area contributed by atoms with Crippen molar-refractivity contribution < 1.29 is 14.4 Å². The van der Waals surface area contributed by atoms with Gasteiger partial charge < -0.3 is 15.5 Å². The summed E-state index contributed by atoms with van der Waals surface area (Å²) in [5, 5.41) is 5.55. The molecule has 6 nitrogen and oxygen atoms in total. The Labute approximate surface area is 178 Å². The van der Waals surface area contributed by atoms with Crippen LogP contribution in [-0.4, -0.2) is 30.7 Å². The molecule has 0 aromatic heterocycles. The second-order valence-corrected chi connectivity index (χ2v) is 7.08. The first-order valence-corrected chi connectivity index (χ1v) is 10.0. The van der Waals surface area contributed by atoms with Gasteiger partial charge in [-0.15, -0.1) is 0 Å². The van der Waals surface area contributed by atoms with Crippen LogP contribution < -0.4 is 15.5 Å². The summed E-state index contributed by atoms with van der Waals surface area (Å²) in [6.07, 6.45) is 1.27. The van der Waals surface area contributed by atoms with Gasteiger partial charge in [0, 0.05) is 47.4 Å². The molecule has 0 aliphatic heterocycles. The van der Waals surface area contributed by atoms with Crippen LogP contribution in [0.5, 0.6) is 0 Å². The molecule has 0 heterocycles. The summed E-state index contributed by atoms with van der Waals surface area (Å²) in [5.74, 6) is -0.788. The first-order chi connectivity index (χ1) is 14.2. The predicted molar refractivity (Wildman–Crippen MR) is 122 cm³/mol. The van der Waals surface area contributed by atoms with Gasteiger partial charge in [-0.25, -0.2) is 0 Å². The number of nitrogens with one attached hydrogen (secondary N) is 2. The van der Waals surface area contributed by atoms with Crippen molar-refractivity contribution in [3.05, 3.63) is 65.2 Å². The van der Waals surface area contributed by atoms with E-state index in [0.717, 1.165) is 24.3 Å². The highest BCUT2D eigenvalue weighted by molar-refractivity contribution is 6.10. The Kier molecular flexibility index (Phi) is 7.92. The number of Topliss-reactive ketones (excluding diaryl/α,β-unsaturated/α-hetero) is 1. The van der Waals surface area contributed by atoms with E-state index in [0.29, 0.717) is 16.9 Å². The van der Waals surface area contributed by atoms with Crippen molar-refractivity contribution >= 4 is 34.7 Å². The molecule has 0 bridgehead atoms. The lowest BCUT2D eigenvalue weighted by molar-refractivity contribution is -0.114. The molecule has 2 N–H and O–H groups in total. The van der Waals surface area contributed by atoms with Gasteiger partial charge in [0.25, 0.3) is 5.91 Å². The lowest BCUT2D eigenvalue weighted by atomic mass is 10.1. The van der Waals surface area contributed by atoms with Crippen molar-refractivity contribution in [2.45, 2.75) is 34.6 Å². The summed E-state index contributed by atoms with van der Waals surface area (Å²) < 4.78 is 0. The average molecular weight is 408 g/mol. The van der Waals surface area contributed by atoms with Gasteiger partial charge in [0.15, 0.2) is 5.78 Å². The lowest BCUT2D eigenvalue weighted by Crippen LogP contribution is -2.22. The van der Waals surface area contributed by atoms with Gasteiger partial charge in [-0.1, -0.05) is 0 Å². The van der Waals surface area contributed by atoms with Gasteiger partial charge in [0.05, 0.1) is 0 Å². The summed E-state index contributed by atoms with van der Waals surface area (Å²) in [6.45, 7) is 11.0. The molecule has 2 aromatic rings. The van der Waals surface area contributed by atoms with Crippen LogP contribution in [0.4, 0.5) is 17.1 Å². The molecule has 30 heavy (non-hydrogen) atoms. The van der Waals surface area contributed by atoms with Crippen LogP contribution in [-0.2, 0) is 9.59 Å². The van der Waals surface area contributed by atoms with Gasteiger partial charge in [-0.3, -0.25) is 14.4 Å². The highest BCUT2D eigenvalue weighted by Gasteiger charge is 2.10. The number of benzene rings is 2. The standard InChI is InChI=1S/C24H29N3O3/c1-6-27(7-2)21-12-13-22(16(3)14-21)26-23(29)15-17(4)24(30)25-20-10-8-19(9-11-20)18(5)28/h8-15H,6-7H2,1-5H3,(H,25,30)(H,26,29)/b17-15-. The summed E-state index contributed by atoms with van der Waals surface area (Å²) in [5.41, 5.74) is 4.18. The number of hydrogen-bond donors (Lipinski definition) is 2. The minimum absolute atomic E-state index is 0.0407. The number of ketones is 1. The molecule has 0 fully saturated rings. The fourth-order valence-electron chi connectivity index (χ4n) is 3.02. The van der Waals surface area contributed by atoms with Crippen LogP contribution in [0.15, 0.2) is 54.1 Å². The van der Waals surface area contributed by atoms with E-state index in [2.05, 4.69) is 29.4 Å². The normalized spacial score (nSPS) is 11.0. The molecule has 0 saturated carbocycles. The van der Waals surface area contributed by atoms with Crippen molar-refractivity contribution in [3.63, 3.8) is 0 Å². The van der Waals surface area contributed by atoms with E-state index in [1.165, 1.54) is 13.0 Å². The monoisotopic (exact) mass is 407 g/mol. The molecular formula is C24H29N3O3. The molecule has 6 heteroatoms. The molecule has 0 saturated heterocycles. The third-order valence-electron chi connectivity index (χ3n) is 4.85. The van der Waals surface area contributed by atoms with Crippen molar-refractivity contribution in [2.24, 2.45) is 0 Å². The molecule has 0 aliphatic rings. The first-order valence-electron chi connectivity index (χ1n) is 10.0. The molecular weight excluding hydrogens is 378 g/mol. The number of amides is 2. The molecule has 0 spiro atoms. The van der Waals surface area contributed by atoms with E-state index < -0.39 is 0 Å². The number of hydrogen-bond acceptors (Lipinski definition) is 4. The van der Waals surface area contributed by atoms with Crippen LogP contribution in [0.1, 0.15) is 43.6 Å². The van der Waals surface area contributed by atoms with Gasteiger partial charge in [-0.2, -0.15) is 0 Å². The van der Waals surface area contributed by atoms with Crippen LogP contribution in [0.2, 0.25) is 0 Å². The quantitative estimate of drug-likeness (QED) is 0.496. The number of nitrogens with zero attached hydrogens (tertiary/aromatic N) is 1. The maximum absolute atomic E-state index is 12.4. The van der Waals surface area contributed by atoms with Gasteiger partial charge in [0.1, 0.15) is 0 Å². The first kappa shape index (κ1) is 22.9. The number of aryl methyl sites for hydroxylation is 1. The van der Waals surface area contributed by atoms with E-state index in [9.17, 15) is 14.4 Å². The SMILES string of the molecule is CCN(CC)c1ccc(NC(=O)/C=C(/C)C(=O)Nc2ccc(C(C)=O)cc2)c(C)c1. The summed E-state index contributed by atoms with van der Waals surface area (Å²) in [4.78, 5) is 38.3.